The van der Waals surface area contributed by atoms with Crippen LogP contribution in [0.1, 0.15) is 85.5 Å². The summed E-state index contributed by atoms with van der Waals surface area (Å²) < 4.78 is 16.1. The van der Waals surface area contributed by atoms with Crippen LogP contribution in [0.2, 0.25) is 0 Å². The summed E-state index contributed by atoms with van der Waals surface area (Å²) >= 11 is 0. The second-order valence-electron chi connectivity index (χ2n) is 8.71. The second-order valence-corrected chi connectivity index (χ2v) is 9.90. The average Bonchev–Trinajstić information content (AvgIpc) is 2.49. The molecule has 152 valence electrons. The van der Waals surface area contributed by atoms with Crippen molar-refractivity contribution in [2.24, 2.45) is 10.8 Å². The van der Waals surface area contributed by atoms with Gasteiger partial charge >= 0.3 is 7.82 Å². The molecule has 1 atom stereocenters. The van der Waals surface area contributed by atoms with E-state index in [0.717, 1.165) is 44.9 Å². The molecule has 0 amide bonds. The Bertz CT molecular complexity index is 391. The topological polar surface area (TPSA) is 107 Å². The Morgan fingerprint density at radius 1 is 0.800 bits per heavy atom. The standard InChI is InChI=1S/C18H39O6P/c1-17(2,14-19)12-8-5-6-10-16(24-25(21,22)23)11-7-9-13-18(3,4)15-20/h16,19-20H,5-15H2,1-4H3,(H2,21,22,23). The van der Waals surface area contributed by atoms with Crippen molar-refractivity contribution in [2.75, 3.05) is 13.2 Å². The molecule has 0 aliphatic heterocycles. The monoisotopic (exact) mass is 382 g/mol. The number of aliphatic hydroxyl groups is 2. The van der Waals surface area contributed by atoms with Gasteiger partial charge in [-0.05, 0) is 36.5 Å². The largest absolute Gasteiger partial charge is 0.469 e. The summed E-state index contributed by atoms with van der Waals surface area (Å²) in [4.78, 5) is 18.2. The predicted molar refractivity (Wildman–Crippen MR) is 100 cm³/mol. The van der Waals surface area contributed by atoms with E-state index < -0.39 is 13.9 Å². The maximum atomic E-state index is 11.2. The van der Waals surface area contributed by atoms with Gasteiger partial charge in [-0.25, -0.2) is 4.57 Å². The third kappa shape index (κ3) is 14.8. The Balaban J connectivity index is 4.16. The second kappa shape index (κ2) is 11.7. The van der Waals surface area contributed by atoms with Gasteiger partial charge in [0.2, 0.25) is 0 Å². The lowest BCUT2D eigenvalue weighted by atomic mass is 9.87. The molecular formula is C18H39O6P. The molecule has 1 unspecified atom stereocenters. The zero-order valence-electron chi connectivity index (χ0n) is 16.4. The molecule has 25 heavy (non-hydrogen) atoms. The van der Waals surface area contributed by atoms with E-state index in [1.165, 1.54) is 0 Å². The van der Waals surface area contributed by atoms with Gasteiger partial charge in [0.05, 0.1) is 6.10 Å². The van der Waals surface area contributed by atoms with Gasteiger partial charge in [0.1, 0.15) is 0 Å². The van der Waals surface area contributed by atoms with Crippen molar-refractivity contribution in [1.82, 2.24) is 0 Å². The summed E-state index contributed by atoms with van der Waals surface area (Å²) in [6.45, 7) is 8.37. The summed E-state index contributed by atoms with van der Waals surface area (Å²) in [7, 11) is -4.47. The van der Waals surface area contributed by atoms with Crippen LogP contribution in [0.3, 0.4) is 0 Å². The number of phosphoric ester groups is 1. The summed E-state index contributed by atoms with van der Waals surface area (Å²) in [6.07, 6.45) is 7.17. The Morgan fingerprint density at radius 3 is 1.60 bits per heavy atom. The van der Waals surface area contributed by atoms with E-state index in [1.807, 2.05) is 27.7 Å². The van der Waals surface area contributed by atoms with Gasteiger partial charge in [0.15, 0.2) is 0 Å². The van der Waals surface area contributed by atoms with Crippen LogP contribution in [0.5, 0.6) is 0 Å². The minimum absolute atomic E-state index is 0.0681. The van der Waals surface area contributed by atoms with E-state index in [1.54, 1.807) is 0 Å². The average molecular weight is 382 g/mol. The first-order valence-electron chi connectivity index (χ1n) is 9.36. The minimum atomic E-state index is -4.47. The van der Waals surface area contributed by atoms with Gasteiger partial charge in [-0.1, -0.05) is 59.8 Å². The first-order valence-corrected chi connectivity index (χ1v) is 10.9. The Kier molecular flexibility index (Phi) is 11.7. The van der Waals surface area contributed by atoms with E-state index in [2.05, 4.69) is 0 Å². The smallest absolute Gasteiger partial charge is 0.396 e. The Morgan fingerprint density at radius 2 is 1.20 bits per heavy atom. The SMILES string of the molecule is CC(C)(CO)CCCCCC(CCCCC(C)(C)CO)OP(=O)(O)O. The van der Waals surface area contributed by atoms with Crippen LogP contribution in [-0.4, -0.2) is 39.3 Å². The fourth-order valence-electron chi connectivity index (χ4n) is 2.73. The molecule has 0 bridgehead atoms. The van der Waals surface area contributed by atoms with Crippen molar-refractivity contribution in [3.8, 4) is 0 Å². The van der Waals surface area contributed by atoms with E-state index in [4.69, 9.17) is 14.3 Å². The zero-order chi connectivity index (χ0) is 19.6. The quantitative estimate of drug-likeness (QED) is 0.252. The number of hydrogen-bond donors (Lipinski definition) is 4. The molecule has 0 aromatic carbocycles. The first-order chi connectivity index (χ1) is 11.4. The van der Waals surface area contributed by atoms with E-state index in [-0.39, 0.29) is 24.0 Å². The maximum Gasteiger partial charge on any atom is 0.469 e. The van der Waals surface area contributed by atoms with Crippen LogP contribution in [0, 0.1) is 10.8 Å². The summed E-state index contributed by atoms with van der Waals surface area (Å²) in [6, 6.07) is 0. The lowest BCUT2D eigenvalue weighted by molar-refractivity contribution is 0.110. The molecule has 0 aliphatic carbocycles. The number of hydrogen-bond acceptors (Lipinski definition) is 4. The van der Waals surface area contributed by atoms with Crippen LogP contribution in [-0.2, 0) is 9.09 Å². The Labute approximate surface area is 153 Å². The van der Waals surface area contributed by atoms with Crippen molar-refractivity contribution < 1.29 is 29.1 Å². The molecule has 0 aromatic rings. The van der Waals surface area contributed by atoms with Crippen LogP contribution < -0.4 is 0 Å². The zero-order valence-corrected chi connectivity index (χ0v) is 17.3. The van der Waals surface area contributed by atoms with E-state index >= 15 is 0 Å². The molecule has 0 fully saturated rings. The highest BCUT2D eigenvalue weighted by Gasteiger charge is 2.23. The van der Waals surface area contributed by atoms with Gasteiger partial charge in [0, 0.05) is 13.2 Å². The van der Waals surface area contributed by atoms with Gasteiger partial charge < -0.3 is 20.0 Å². The minimum Gasteiger partial charge on any atom is -0.396 e. The van der Waals surface area contributed by atoms with Crippen molar-refractivity contribution >= 4 is 7.82 Å². The van der Waals surface area contributed by atoms with E-state index in [9.17, 15) is 14.8 Å². The molecule has 0 heterocycles. The number of aliphatic hydroxyl groups excluding tert-OH is 2. The molecule has 6 nitrogen and oxygen atoms in total. The highest BCUT2D eigenvalue weighted by atomic mass is 31.2. The van der Waals surface area contributed by atoms with Crippen LogP contribution in [0.25, 0.3) is 0 Å². The molecule has 0 saturated carbocycles. The normalized spacial score (nSPS) is 14.7. The molecule has 0 aliphatic rings. The van der Waals surface area contributed by atoms with Gasteiger partial charge in [-0.3, -0.25) is 4.52 Å². The molecule has 0 rings (SSSR count). The van der Waals surface area contributed by atoms with Crippen LogP contribution >= 0.6 is 7.82 Å². The highest BCUT2D eigenvalue weighted by molar-refractivity contribution is 7.46. The number of rotatable bonds is 15. The van der Waals surface area contributed by atoms with Crippen molar-refractivity contribution in [3.05, 3.63) is 0 Å². The molecule has 0 radical (unpaired) electrons. The fourth-order valence-corrected chi connectivity index (χ4v) is 3.33. The lowest BCUT2D eigenvalue weighted by Gasteiger charge is -2.23. The Hall–Kier alpha value is 0.0300. The third-order valence-corrected chi connectivity index (χ3v) is 5.22. The fraction of sp³-hybridized carbons (Fsp3) is 1.00. The molecular weight excluding hydrogens is 343 g/mol. The van der Waals surface area contributed by atoms with Gasteiger partial charge in [0.25, 0.3) is 0 Å². The third-order valence-electron chi connectivity index (χ3n) is 4.65. The molecule has 0 spiro atoms. The van der Waals surface area contributed by atoms with Crippen LogP contribution in [0.4, 0.5) is 0 Å². The van der Waals surface area contributed by atoms with E-state index in [0.29, 0.717) is 12.8 Å². The summed E-state index contributed by atoms with van der Waals surface area (Å²) in [5.41, 5.74) is -0.180. The first kappa shape index (κ1) is 25.0. The highest BCUT2D eigenvalue weighted by Crippen LogP contribution is 2.40. The number of phosphoric acid groups is 1. The molecule has 4 N–H and O–H groups in total. The number of unbranched alkanes of at least 4 members (excludes halogenated alkanes) is 3. The lowest BCUT2D eigenvalue weighted by Crippen LogP contribution is -2.17. The summed E-state index contributed by atoms with van der Waals surface area (Å²) in [5, 5.41) is 18.5. The van der Waals surface area contributed by atoms with Crippen molar-refractivity contribution in [3.63, 3.8) is 0 Å². The van der Waals surface area contributed by atoms with Gasteiger partial charge in [-0.15, -0.1) is 0 Å². The maximum absolute atomic E-state index is 11.2. The summed E-state index contributed by atoms with van der Waals surface area (Å²) in [5.74, 6) is 0. The van der Waals surface area contributed by atoms with Crippen molar-refractivity contribution in [2.45, 2.75) is 91.6 Å². The van der Waals surface area contributed by atoms with Crippen molar-refractivity contribution in [1.29, 1.82) is 0 Å². The molecule has 7 heteroatoms. The molecule has 0 aromatic heterocycles. The van der Waals surface area contributed by atoms with Crippen LogP contribution in [0.15, 0.2) is 0 Å². The molecule has 0 saturated heterocycles. The van der Waals surface area contributed by atoms with Gasteiger partial charge in [-0.2, -0.15) is 0 Å². The predicted octanol–water partition coefficient (Wildman–Crippen LogP) is 4.01.